The highest BCUT2D eigenvalue weighted by Crippen LogP contribution is 2.21. The summed E-state index contributed by atoms with van der Waals surface area (Å²) in [6.07, 6.45) is 3.09. The lowest BCUT2D eigenvalue weighted by atomic mass is 9.91. The predicted octanol–water partition coefficient (Wildman–Crippen LogP) is 2.48. The molecule has 0 bridgehead atoms. The number of nitrogens with two attached hydrogens (primary N) is 1. The maximum Gasteiger partial charge on any atom is 0.0372 e. The number of aromatic nitrogens is 1. The van der Waals surface area contributed by atoms with E-state index in [0.717, 1.165) is 12.1 Å². The van der Waals surface area contributed by atoms with Crippen LogP contribution in [0.1, 0.15) is 37.4 Å². The van der Waals surface area contributed by atoms with Gasteiger partial charge in [-0.3, -0.25) is 4.98 Å². The SMILES string of the molecule is Cc1ccc(C(CN)CC(C)C)cn1. The zero-order valence-electron chi connectivity index (χ0n) is 9.33. The zero-order chi connectivity index (χ0) is 10.6. The van der Waals surface area contributed by atoms with Crippen molar-refractivity contribution in [2.24, 2.45) is 11.7 Å². The molecule has 0 aliphatic rings. The Morgan fingerprint density at radius 1 is 1.36 bits per heavy atom. The van der Waals surface area contributed by atoms with Gasteiger partial charge in [0.2, 0.25) is 0 Å². The van der Waals surface area contributed by atoms with Gasteiger partial charge in [0.05, 0.1) is 0 Å². The summed E-state index contributed by atoms with van der Waals surface area (Å²) in [5, 5.41) is 0. The highest BCUT2D eigenvalue weighted by molar-refractivity contribution is 5.18. The van der Waals surface area contributed by atoms with Gasteiger partial charge >= 0.3 is 0 Å². The van der Waals surface area contributed by atoms with Gasteiger partial charge in [-0.2, -0.15) is 0 Å². The molecule has 78 valence electrons. The molecule has 1 atom stereocenters. The van der Waals surface area contributed by atoms with Crippen LogP contribution in [-0.2, 0) is 0 Å². The molecule has 0 aliphatic carbocycles. The van der Waals surface area contributed by atoms with Crippen molar-refractivity contribution in [2.75, 3.05) is 6.54 Å². The molecular formula is C12H20N2. The molecule has 1 aromatic heterocycles. The summed E-state index contributed by atoms with van der Waals surface area (Å²) < 4.78 is 0. The lowest BCUT2D eigenvalue weighted by molar-refractivity contribution is 0.503. The predicted molar refractivity (Wildman–Crippen MR) is 60.2 cm³/mol. The Balaban J connectivity index is 2.73. The van der Waals surface area contributed by atoms with Gasteiger partial charge in [0, 0.05) is 11.9 Å². The zero-order valence-corrected chi connectivity index (χ0v) is 9.33. The van der Waals surface area contributed by atoms with Crippen molar-refractivity contribution in [3.63, 3.8) is 0 Å². The topological polar surface area (TPSA) is 38.9 Å². The van der Waals surface area contributed by atoms with Crippen LogP contribution >= 0.6 is 0 Å². The minimum atomic E-state index is 0.461. The molecule has 0 spiro atoms. The van der Waals surface area contributed by atoms with E-state index in [2.05, 4.69) is 31.0 Å². The number of hydrogen-bond donors (Lipinski definition) is 1. The summed E-state index contributed by atoms with van der Waals surface area (Å²) in [6, 6.07) is 4.20. The number of pyridine rings is 1. The van der Waals surface area contributed by atoms with E-state index in [4.69, 9.17) is 5.73 Å². The van der Waals surface area contributed by atoms with Gasteiger partial charge in [-0.05, 0) is 43.4 Å². The molecule has 0 aliphatic heterocycles. The summed E-state index contributed by atoms with van der Waals surface area (Å²) in [7, 11) is 0. The van der Waals surface area contributed by atoms with E-state index < -0.39 is 0 Å². The molecule has 1 rings (SSSR count). The van der Waals surface area contributed by atoms with Gasteiger partial charge in [-0.15, -0.1) is 0 Å². The maximum absolute atomic E-state index is 5.76. The highest BCUT2D eigenvalue weighted by atomic mass is 14.7. The van der Waals surface area contributed by atoms with Crippen LogP contribution in [0.3, 0.4) is 0 Å². The van der Waals surface area contributed by atoms with Crippen LogP contribution in [0.4, 0.5) is 0 Å². The fraction of sp³-hybridized carbons (Fsp3) is 0.583. The van der Waals surface area contributed by atoms with E-state index in [9.17, 15) is 0 Å². The Labute approximate surface area is 86.5 Å². The van der Waals surface area contributed by atoms with Crippen molar-refractivity contribution >= 4 is 0 Å². The van der Waals surface area contributed by atoms with Crippen LogP contribution in [0.5, 0.6) is 0 Å². The van der Waals surface area contributed by atoms with Crippen LogP contribution < -0.4 is 5.73 Å². The summed E-state index contributed by atoms with van der Waals surface area (Å²) in [5.41, 5.74) is 8.10. The Bertz CT molecular complexity index is 264. The first-order valence-electron chi connectivity index (χ1n) is 5.26. The van der Waals surface area contributed by atoms with Crippen LogP contribution in [0.25, 0.3) is 0 Å². The van der Waals surface area contributed by atoms with E-state index in [1.54, 1.807) is 0 Å². The van der Waals surface area contributed by atoms with E-state index in [-0.39, 0.29) is 0 Å². The van der Waals surface area contributed by atoms with E-state index in [1.807, 2.05) is 13.1 Å². The van der Waals surface area contributed by atoms with E-state index >= 15 is 0 Å². The van der Waals surface area contributed by atoms with Gasteiger partial charge in [-0.1, -0.05) is 19.9 Å². The van der Waals surface area contributed by atoms with Gasteiger partial charge in [0.15, 0.2) is 0 Å². The van der Waals surface area contributed by atoms with Gasteiger partial charge in [0.25, 0.3) is 0 Å². The van der Waals surface area contributed by atoms with Crippen molar-refractivity contribution in [1.82, 2.24) is 4.98 Å². The van der Waals surface area contributed by atoms with Gasteiger partial charge in [-0.25, -0.2) is 0 Å². The first kappa shape index (κ1) is 11.2. The monoisotopic (exact) mass is 192 g/mol. The van der Waals surface area contributed by atoms with E-state index in [0.29, 0.717) is 18.4 Å². The van der Waals surface area contributed by atoms with E-state index in [1.165, 1.54) is 5.56 Å². The van der Waals surface area contributed by atoms with Crippen molar-refractivity contribution in [3.05, 3.63) is 29.6 Å². The number of rotatable bonds is 4. The summed E-state index contributed by atoms with van der Waals surface area (Å²) >= 11 is 0. The van der Waals surface area contributed by atoms with Crippen molar-refractivity contribution in [2.45, 2.75) is 33.1 Å². The molecule has 0 saturated heterocycles. The molecule has 0 radical (unpaired) electrons. The normalized spacial score (nSPS) is 13.2. The Morgan fingerprint density at radius 3 is 2.50 bits per heavy atom. The lowest BCUT2D eigenvalue weighted by Gasteiger charge is -2.17. The molecule has 0 fully saturated rings. The third kappa shape index (κ3) is 3.11. The molecular weight excluding hydrogens is 172 g/mol. The van der Waals surface area contributed by atoms with Crippen LogP contribution in [0.2, 0.25) is 0 Å². The molecule has 1 heterocycles. The van der Waals surface area contributed by atoms with Gasteiger partial charge in [0.1, 0.15) is 0 Å². The lowest BCUT2D eigenvalue weighted by Crippen LogP contribution is -2.14. The molecule has 0 saturated carbocycles. The summed E-state index contributed by atoms with van der Waals surface area (Å²) in [6.45, 7) is 7.17. The molecule has 0 aromatic carbocycles. The second-order valence-electron chi connectivity index (χ2n) is 4.30. The Kier molecular flexibility index (Phi) is 4.08. The summed E-state index contributed by atoms with van der Waals surface area (Å²) in [5.74, 6) is 1.15. The second kappa shape index (κ2) is 5.11. The van der Waals surface area contributed by atoms with Crippen molar-refractivity contribution in [3.8, 4) is 0 Å². The molecule has 1 aromatic rings. The molecule has 0 amide bonds. The fourth-order valence-corrected chi connectivity index (χ4v) is 1.66. The van der Waals surface area contributed by atoms with Crippen LogP contribution in [0, 0.1) is 12.8 Å². The van der Waals surface area contributed by atoms with Gasteiger partial charge < -0.3 is 5.73 Å². The maximum atomic E-state index is 5.76. The fourth-order valence-electron chi connectivity index (χ4n) is 1.66. The largest absolute Gasteiger partial charge is 0.330 e. The first-order valence-corrected chi connectivity index (χ1v) is 5.26. The number of nitrogens with zero attached hydrogens (tertiary/aromatic N) is 1. The Hall–Kier alpha value is -0.890. The number of hydrogen-bond acceptors (Lipinski definition) is 2. The quantitative estimate of drug-likeness (QED) is 0.796. The standard InChI is InChI=1S/C12H20N2/c1-9(2)6-12(7-13)11-5-4-10(3)14-8-11/h4-5,8-9,12H,6-7,13H2,1-3H3. The molecule has 14 heavy (non-hydrogen) atoms. The molecule has 2 heteroatoms. The second-order valence-corrected chi connectivity index (χ2v) is 4.30. The third-order valence-corrected chi connectivity index (χ3v) is 2.45. The highest BCUT2D eigenvalue weighted by Gasteiger charge is 2.11. The average molecular weight is 192 g/mol. The molecule has 1 unspecified atom stereocenters. The van der Waals surface area contributed by atoms with Crippen LogP contribution in [-0.4, -0.2) is 11.5 Å². The molecule has 2 N–H and O–H groups in total. The molecule has 2 nitrogen and oxygen atoms in total. The van der Waals surface area contributed by atoms with Crippen LogP contribution in [0.15, 0.2) is 18.3 Å². The Morgan fingerprint density at radius 2 is 2.07 bits per heavy atom. The first-order chi connectivity index (χ1) is 6.63. The summed E-state index contributed by atoms with van der Waals surface area (Å²) in [4.78, 5) is 4.30. The average Bonchev–Trinajstić information content (AvgIpc) is 2.15. The number of aryl methyl sites for hydroxylation is 1. The smallest absolute Gasteiger partial charge is 0.0372 e. The van der Waals surface area contributed by atoms with Crippen molar-refractivity contribution < 1.29 is 0 Å². The van der Waals surface area contributed by atoms with Crippen molar-refractivity contribution in [1.29, 1.82) is 0 Å². The minimum Gasteiger partial charge on any atom is -0.330 e. The minimum absolute atomic E-state index is 0.461. The third-order valence-electron chi connectivity index (χ3n) is 2.45.